The van der Waals surface area contributed by atoms with Gasteiger partial charge < -0.3 is 4.74 Å². The first kappa shape index (κ1) is 10.4. The highest BCUT2D eigenvalue weighted by atomic mass is 16.5. The maximum absolute atomic E-state index is 11.7. The van der Waals surface area contributed by atoms with Gasteiger partial charge >= 0.3 is 0 Å². The number of ketones is 1. The Morgan fingerprint density at radius 2 is 2.00 bits per heavy atom. The molecule has 15 heavy (non-hydrogen) atoms. The number of aryl methyl sites for hydroxylation is 1. The van der Waals surface area contributed by atoms with Gasteiger partial charge in [-0.15, -0.1) is 0 Å². The molecule has 80 valence electrons. The minimum absolute atomic E-state index is 0.0851. The van der Waals surface area contributed by atoms with Crippen LogP contribution in [0.5, 0.6) is 0 Å². The molecule has 0 N–H and O–H groups in total. The topological polar surface area (TPSA) is 26.3 Å². The van der Waals surface area contributed by atoms with E-state index in [4.69, 9.17) is 4.74 Å². The third-order valence-corrected chi connectivity index (χ3v) is 2.88. The summed E-state index contributed by atoms with van der Waals surface area (Å²) in [6.45, 7) is 2.24. The maximum Gasteiger partial charge on any atom is 0.188 e. The zero-order valence-corrected chi connectivity index (χ0v) is 9.03. The van der Waals surface area contributed by atoms with Gasteiger partial charge in [0, 0.05) is 5.56 Å². The molecule has 0 unspecified atom stereocenters. The second-order valence-electron chi connectivity index (χ2n) is 4.15. The molecule has 0 saturated heterocycles. The Bertz CT molecular complexity index is 336. The van der Waals surface area contributed by atoms with Gasteiger partial charge in [-0.3, -0.25) is 4.79 Å². The van der Waals surface area contributed by atoms with Gasteiger partial charge in [-0.1, -0.05) is 29.8 Å². The fourth-order valence-corrected chi connectivity index (χ4v) is 1.55. The van der Waals surface area contributed by atoms with E-state index in [1.165, 1.54) is 12.0 Å². The lowest BCUT2D eigenvalue weighted by atomic mass is 9.96. The predicted molar refractivity (Wildman–Crippen MR) is 59.1 cm³/mol. The van der Waals surface area contributed by atoms with Gasteiger partial charge in [0.2, 0.25) is 0 Å². The molecule has 0 bridgehead atoms. The maximum atomic E-state index is 11.7. The highest BCUT2D eigenvalue weighted by Crippen LogP contribution is 2.21. The number of hydrogen-bond acceptors (Lipinski definition) is 2. The molecule has 0 aromatic heterocycles. The summed E-state index contributed by atoms with van der Waals surface area (Å²) in [6, 6.07) is 7.64. The van der Waals surface area contributed by atoms with E-state index in [1.807, 2.05) is 31.2 Å². The standard InChI is InChI=1S/C13H16O2/c1-10-5-7-11(8-6-10)13(14)9-15-12-3-2-4-12/h5-8,12H,2-4,9H2,1H3. The molecule has 1 fully saturated rings. The van der Waals surface area contributed by atoms with Gasteiger partial charge in [0.05, 0.1) is 6.10 Å². The molecule has 2 heteroatoms. The predicted octanol–water partition coefficient (Wildman–Crippen LogP) is 2.75. The van der Waals surface area contributed by atoms with Crippen molar-refractivity contribution in [1.82, 2.24) is 0 Å². The SMILES string of the molecule is Cc1ccc(C(=O)COC2CCC2)cc1. The number of Topliss-reactive ketones (excluding diaryl/α,β-unsaturated/α-hetero) is 1. The quantitative estimate of drug-likeness (QED) is 0.705. The summed E-state index contributed by atoms with van der Waals surface area (Å²) in [6.07, 6.45) is 3.80. The van der Waals surface area contributed by atoms with Crippen molar-refractivity contribution in [3.8, 4) is 0 Å². The molecule has 0 aliphatic heterocycles. The number of rotatable bonds is 4. The zero-order valence-electron chi connectivity index (χ0n) is 9.03. The normalized spacial score (nSPS) is 16.1. The average Bonchev–Trinajstić information content (AvgIpc) is 2.16. The molecular formula is C13H16O2. The van der Waals surface area contributed by atoms with Crippen molar-refractivity contribution >= 4 is 5.78 Å². The third-order valence-electron chi connectivity index (χ3n) is 2.88. The summed E-state index contributed by atoms with van der Waals surface area (Å²) in [4.78, 5) is 11.7. The molecule has 1 aromatic rings. The summed E-state index contributed by atoms with van der Waals surface area (Å²) >= 11 is 0. The van der Waals surface area contributed by atoms with Crippen LogP contribution in [0.3, 0.4) is 0 Å². The molecule has 0 heterocycles. The Balaban J connectivity index is 1.86. The van der Waals surface area contributed by atoms with Gasteiger partial charge in [0.15, 0.2) is 5.78 Å². The Morgan fingerprint density at radius 1 is 1.33 bits per heavy atom. The van der Waals surface area contributed by atoms with E-state index in [9.17, 15) is 4.79 Å². The summed E-state index contributed by atoms with van der Waals surface area (Å²) in [5.41, 5.74) is 1.92. The van der Waals surface area contributed by atoms with Gasteiger partial charge in [0.1, 0.15) is 6.61 Å². The van der Waals surface area contributed by atoms with Crippen LogP contribution in [-0.2, 0) is 4.74 Å². The van der Waals surface area contributed by atoms with Crippen LogP contribution in [0.15, 0.2) is 24.3 Å². The van der Waals surface area contributed by atoms with Crippen LogP contribution in [0.4, 0.5) is 0 Å². The molecule has 1 aromatic carbocycles. The summed E-state index contributed by atoms with van der Waals surface area (Å²) < 4.78 is 5.47. The van der Waals surface area contributed by atoms with Crippen LogP contribution in [0.25, 0.3) is 0 Å². The zero-order chi connectivity index (χ0) is 10.7. The van der Waals surface area contributed by atoms with Crippen LogP contribution in [0, 0.1) is 6.92 Å². The number of hydrogen-bond donors (Lipinski definition) is 0. The van der Waals surface area contributed by atoms with Crippen molar-refractivity contribution in [2.24, 2.45) is 0 Å². The van der Waals surface area contributed by atoms with Crippen molar-refractivity contribution in [3.63, 3.8) is 0 Å². The van der Waals surface area contributed by atoms with Crippen LogP contribution < -0.4 is 0 Å². The van der Waals surface area contributed by atoms with Crippen LogP contribution in [0.2, 0.25) is 0 Å². The number of benzene rings is 1. The largest absolute Gasteiger partial charge is 0.370 e. The molecule has 1 saturated carbocycles. The first-order chi connectivity index (χ1) is 7.25. The van der Waals surface area contributed by atoms with E-state index >= 15 is 0 Å². The molecule has 2 nitrogen and oxygen atoms in total. The van der Waals surface area contributed by atoms with Crippen molar-refractivity contribution < 1.29 is 9.53 Å². The Kier molecular flexibility index (Phi) is 3.17. The molecule has 0 radical (unpaired) electrons. The summed E-state index contributed by atoms with van der Waals surface area (Å²) in [7, 11) is 0. The number of carbonyl (C=O) groups excluding carboxylic acids is 1. The van der Waals surface area contributed by atoms with Crippen molar-refractivity contribution in [3.05, 3.63) is 35.4 Å². The molecule has 1 aliphatic carbocycles. The van der Waals surface area contributed by atoms with E-state index < -0.39 is 0 Å². The highest BCUT2D eigenvalue weighted by Gasteiger charge is 2.19. The van der Waals surface area contributed by atoms with Crippen LogP contribution >= 0.6 is 0 Å². The molecule has 0 atom stereocenters. The lowest BCUT2D eigenvalue weighted by molar-refractivity contribution is 0.00731. The van der Waals surface area contributed by atoms with Gasteiger partial charge in [-0.05, 0) is 26.2 Å². The lowest BCUT2D eigenvalue weighted by Crippen LogP contribution is -2.24. The Hall–Kier alpha value is -1.15. The van der Waals surface area contributed by atoms with E-state index in [1.54, 1.807) is 0 Å². The molecule has 1 aliphatic rings. The monoisotopic (exact) mass is 204 g/mol. The number of ether oxygens (including phenoxy) is 1. The van der Waals surface area contributed by atoms with Gasteiger partial charge in [-0.25, -0.2) is 0 Å². The fraction of sp³-hybridized carbons (Fsp3) is 0.462. The lowest BCUT2D eigenvalue weighted by Gasteiger charge is -2.25. The van der Waals surface area contributed by atoms with Crippen LogP contribution in [-0.4, -0.2) is 18.5 Å². The first-order valence-electron chi connectivity index (χ1n) is 5.47. The number of carbonyl (C=O) groups is 1. The summed E-state index contributed by atoms with van der Waals surface area (Å²) in [5.74, 6) is 0.0851. The fourth-order valence-electron chi connectivity index (χ4n) is 1.55. The Labute approximate surface area is 90.3 Å². The summed E-state index contributed by atoms with van der Waals surface area (Å²) in [5, 5.41) is 0. The van der Waals surface area contributed by atoms with Crippen molar-refractivity contribution in [2.75, 3.05) is 6.61 Å². The molecule has 0 spiro atoms. The minimum Gasteiger partial charge on any atom is -0.370 e. The van der Waals surface area contributed by atoms with E-state index in [-0.39, 0.29) is 12.4 Å². The molecular weight excluding hydrogens is 188 g/mol. The van der Waals surface area contributed by atoms with E-state index in [0.717, 1.165) is 18.4 Å². The van der Waals surface area contributed by atoms with E-state index in [0.29, 0.717) is 6.10 Å². The average molecular weight is 204 g/mol. The van der Waals surface area contributed by atoms with Crippen molar-refractivity contribution in [2.45, 2.75) is 32.3 Å². The van der Waals surface area contributed by atoms with E-state index in [2.05, 4.69) is 0 Å². The first-order valence-corrected chi connectivity index (χ1v) is 5.47. The van der Waals surface area contributed by atoms with Crippen molar-refractivity contribution in [1.29, 1.82) is 0 Å². The second-order valence-corrected chi connectivity index (χ2v) is 4.15. The Morgan fingerprint density at radius 3 is 2.53 bits per heavy atom. The highest BCUT2D eigenvalue weighted by molar-refractivity contribution is 5.97. The third kappa shape index (κ3) is 2.66. The van der Waals surface area contributed by atoms with Crippen LogP contribution in [0.1, 0.15) is 35.2 Å². The van der Waals surface area contributed by atoms with Gasteiger partial charge in [-0.2, -0.15) is 0 Å². The minimum atomic E-state index is 0.0851. The molecule has 2 rings (SSSR count). The van der Waals surface area contributed by atoms with Gasteiger partial charge in [0.25, 0.3) is 0 Å². The molecule has 0 amide bonds. The second kappa shape index (κ2) is 4.58. The smallest absolute Gasteiger partial charge is 0.188 e.